The van der Waals surface area contributed by atoms with E-state index in [0.29, 0.717) is 41.3 Å². The van der Waals surface area contributed by atoms with Gasteiger partial charge in [0.2, 0.25) is 5.91 Å². The number of rotatable bonds is 10. The summed E-state index contributed by atoms with van der Waals surface area (Å²) in [6.45, 7) is 3.48. The summed E-state index contributed by atoms with van der Waals surface area (Å²) >= 11 is 1.34. The number of aliphatic hydroxyl groups is 1. The smallest absolute Gasteiger partial charge is 0.262 e. The number of halogens is 2. The molecule has 6 N–H and O–H groups in total. The van der Waals surface area contributed by atoms with E-state index in [9.17, 15) is 23.5 Å². The zero-order chi connectivity index (χ0) is 29.9. The molecule has 0 aromatic heterocycles. The van der Waals surface area contributed by atoms with Gasteiger partial charge in [-0.25, -0.2) is 14.2 Å². The lowest BCUT2D eigenvalue weighted by molar-refractivity contribution is -0.133. The molecule has 2 aliphatic carbocycles. The van der Waals surface area contributed by atoms with Gasteiger partial charge in [0.15, 0.2) is 0 Å². The van der Waals surface area contributed by atoms with Gasteiger partial charge in [0, 0.05) is 41.9 Å². The number of nitrogens with zero attached hydrogens (tertiary/aromatic N) is 1. The van der Waals surface area contributed by atoms with Gasteiger partial charge in [0.1, 0.15) is 17.2 Å². The predicted octanol–water partition coefficient (Wildman–Crippen LogP) is 3.25. The quantitative estimate of drug-likeness (QED) is 0.122. The molecule has 222 valence electrons. The van der Waals surface area contributed by atoms with Crippen LogP contribution in [-0.4, -0.2) is 64.8 Å². The number of likely N-dealkylation sites (N-methyl/N-ethyl adjacent to an activating group) is 1. The third-order valence-electron chi connectivity index (χ3n) is 7.26. The number of amides is 2. The van der Waals surface area contributed by atoms with Crippen LogP contribution >= 0.6 is 11.8 Å². The average Bonchev–Trinajstić information content (AvgIpc) is 3.73. The number of anilines is 1. The van der Waals surface area contributed by atoms with Crippen molar-refractivity contribution in [2.75, 3.05) is 19.5 Å². The molecule has 0 bridgehead atoms. The van der Waals surface area contributed by atoms with Crippen molar-refractivity contribution in [1.29, 1.82) is 0 Å². The fraction of sp³-hybridized carbons (Fsp3) is 0.517. The third-order valence-corrected chi connectivity index (χ3v) is 8.31. The molecule has 2 saturated carbocycles. The van der Waals surface area contributed by atoms with Gasteiger partial charge >= 0.3 is 0 Å². The van der Waals surface area contributed by atoms with Gasteiger partial charge in [0.25, 0.3) is 12.3 Å². The molecule has 9 nitrogen and oxygen atoms in total. The van der Waals surface area contributed by atoms with Gasteiger partial charge in [-0.2, -0.15) is 0 Å². The van der Waals surface area contributed by atoms with Crippen molar-refractivity contribution in [3.8, 4) is 11.8 Å². The number of hydrazine groups is 1. The molecule has 3 unspecified atom stereocenters. The van der Waals surface area contributed by atoms with Crippen LogP contribution in [0.1, 0.15) is 55.5 Å². The summed E-state index contributed by atoms with van der Waals surface area (Å²) in [6, 6.07) is 3.47. The van der Waals surface area contributed by atoms with Crippen LogP contribution in [0.5, 0.6) is 0 Å². The first-order valence-corrected chi connectivity index (χ1v) is 14.4. The first kappa shape index (κ1) is 30.8. The van der Waals surface area contributed by atoms with Gasteiger partial charge in [-0.15, -0.1) is 11.8 Å². The summed E-state index contributed by atoms with van der Waals surface area (Å²) < 4.78 is 33.3. The number of hydrogen-bond donors (Lipinski definition) is 5. The molecule has 4 rings (SSSR count). The number of ether oxygens (including phenoxy) is 1. The maximum Gasteiger partial charge on any atom is 0.262 e. The highest BCUT2D eigenvalue weighted by Gasteiger charge is 2.42. The fourth-order valence-corrected chi connectivity index (χ4v) is 5.66. The van der Waals surface area contributed by atoms with Crippen molar-refractivity contribution in [1.82, 2.24) is 15.6 Å². The van der Waals surface area contributed by atoms with Crippen LogP contribution in [0.15, 0.2) is 36.2 Å². The normalized spacial score (nSPS) is 25.1. The summed E-state index contributed by atoms with van der Waals surface area (Å²) in [7, 11) is 2.94. The second-order valence-corrected chi connectivity index (χ2v) is 12.4. The van der Waals surface area contributed by atoms with Crippen molar-refractivity contribution in [3.63, 3.8) is 0 Å². The van der Waals surface area contributed by atoms with Gasteiger partial charge < -0.3 is 25.4 Å². The molecule has 2 fully saturated rings. The molecule has 3 aliphatic rings. The molecular weight excluding hydrogens is 552 g/mol. The predicted molar refractivity (Wildman–Crippen MR) is 155 cm³/mol. The van der Waals surface area contributed by atoms with Crippen molar-refractivity contribution >= 4 is 34.8 Å². The number of nitrogens with two attached hydrogens (primary N) is 1. The zero-order valence-electron chi connectivity index (χ0n) is 23.5. The topological polar surface area (TPSA) is 129 Å². The summed E-state index contributed by atoms with van der Waals surface area (Å²) in [5, 5.41) is 15.0. The number of thioether (sulfide) groups is 1. The Labute approximate surface area is 243 Å². The highest BCUT2D eigenvalue weighted by atomic mass is 32.2. The van der Waals surface area contributed by atoms with Crippen molar-refractivity contribution in [2.45, 2.75) is 68.3 Å². The highest BCUT2D eigenvalue weighted by Crippen LogP contribution is 2.39. The van der Waals surface area contributed by atoms with E-state index in [1.54, 1.807) is 32.0 Å². The van der Waals surface area contributed by atoms with E-state index in [1.165, 1.54) is 43.1 Å². The molecule has 1 heterocycles. The Bertz CT molecular complexity index is 1280. The second kappa shape index (κ2) is 12.8. The molecule has 3 atom stereocenters. The summed E-state index contributed by atoms with van der Waals surface area (Å²) in [4.78, 5) is 27.7. The molecule has 1 aromatic carbocycles. The number of hydrogen-bond acceptors (Lipinski definition) is 8. The summed E-state index contributed by atoms with van der Waals surface area (Å²) in [6.07, 6.45) is 2.99. The highest BCUT2D eigenvalue weighted by molar-refractivity contribution is 8.00. The number of allylic oxidation sites excluding steroid dienone is 1. The lowest BCUT2D eigenvalue weighted by Gasteiger charge is -2.39. The van der Waals surface area contributed by atoms with Crippen molar-refractivity contribution in [2.24, 2.45) is 17.7 Å². The van der Waals surface area contributed by atoms with Crippen LogP contribution in [0.4, 0.5) is 14.5 Å². The maximum absolute atomic E-state index is 13.9. The fourth-order valence-electron chi connectivity index (χ4n) is 4.86. The Morgan fingerprint density at radius 2 is 2.00 bits per heavy atom. The van der Waals surface area contributed by atoms with E-state index < -0.39 is 29.3 Å². The molecule has 1 aliphatic heterocycles. The Hall–Kier alpha value is -3.11. The van der Waals surface area contributed by atoms with Crippen LogP contribution in [0.2, 0.25) is 0 Å². The number of carbonyl (C=O) groups excluding carboxylic acids is 2. The molecule has 41 heavy (non-hydrogen) atoms. The van der Waals surface area contributed by atoms with E-state index in [-0.39, 0.29) is 22.8 Å². The van der Waals surface area contributed by atoms with E-state index in [4.69, 9.17) is 10.6 Å². The largest absolute Gasteiger partial charge is 0.495 e. The lowest BCUT2D eigenvalue weighted by Crippen LogP contribution is -2.46. The standard InChI is InChI=1S/C29H37F2N5O4S/c1-16(41-25(35-32)10-7-17-5-6-17)33-28(38)20-9-8-19(34-27(37)18-13-29(2,39)14-18)11-21(20)22-12-23(26(30)31)36(3)15-24(22)40-4/h8-9,11-12,15-18,23,25-26,35,39H,5-6,13-14,32H2,1-4H3,(H,33,38)(H,34,37). The Kier molecular flexibility index (Phi) is 9.64. The van der Waals surface area contributed by atoms with Crippen molar-refractivity contribution < 1.29 is 28.2 Å². The monoisotopic (exact) mass is 589 g/mol. The number of benzene rings is 1. The van der Waals surface area contributed by atoms with E-state index >= 15 is 0 Å². The number of alkyl halides is 2. The van der Waals surface area contributed by atoms with Gasteiger partial charge in [0.05, 0.1) is 18.1 Å². The van der Waals surface area contributed by atoms with Crippen LogP contribution in [0, 0.1) is 23.7 Å². The molecule has 0 spiro atoms. The van der Waals surface area contributed by atoms with Crippen LogP contribution in [0.25, 0.3) is 5.57 Å². The number of nitrogens with one attached hydrogen (secondary N) is 3. The molecule has 12 heteroatoms. The molecule has 0 saturated heterocycles. The average molecular weight is 590 g/mol. The second-order valence-electron chi connectivity index (χ2n) is 11.0. The van der Waals surface area contributed by atoms with Crippen LogP contribution in [-0.2, 0) is 9.53 Å². The molecule has 1 aromatic rings. The van der Waals surface area contributed by atoms with Gasteiger partial charge in [-0.1, -0.05) is 11.8 Å². The SMILES string of the molecule is COC1=CN(C)C(C(F)F)C=C1c1cc(NC(=O)C2CC(C)(O)C2)ccc1C(=O)NC(C)SC(C#CC1CC1)NN. The van der Waals surface area contributed by atoms with E-state index in [0.717, 1.165) is 12.8 Å². The van der Waals surface area contributed by atoms with Crippen molar-refractivity contribution in [3.05, 3.63) is 47.4 Å². The maximum atomic E-state index is 13.9. The van der Waals surface area contributed by atoms with E-state index in [1.807, 2.05) is 0 Å². The van der Waals surface area contributed by atoms with Gasteiger partial charge in [-0.05, 0) is 69.4 Å². The van der Waals surface area contributed by atoms with E-state index in [2.05, 4.69) is 27.9 Å². The Balaban J connectivity index is 1.62. The number of carbonyl (C=O) groups is 2. The minimum atomic E-state index is -2.69. The molecular formula is C29H37F2N5O4S. The summed E-state index contributed by atoms with van der Waals surface area (Å²) in [5.74, 6) is 11.5. The first-order chi connectivity index (χ1) is 19.4. The van der Waals surface area contributed by atoms with Crippen LogP contribution < -0.4 is 21.9 Å². The Morgan fingerprint density at radius 1 is 1.29 bits per heavy atom. The summed E-state index contributed by atoms with van der Waals surface area (Å²) in [5.41, 5.74) is 3.02. The van der Waals surface area contributed by atoms with Gasteiger partial charge in [-0.3, -0.25) is 15.4 Å². The molecule has 0 radical (unpaired) electrons. The Morgan fingerprint density at radius 3 is 2.59 bits per heavy atom. The third kappa shape index (κ3) is 7.80. The first-order valence-electron chi connectivity index (χ1n) is 13.5. The minimum absolute atomic E-state index is 0.218. The lowest BCUT2D eigenvalue weighted by atomic mass is 9.72. The molecule has 2 amide bonds. The zero-order valence-corrected chi connectivity index (χ0v) is 24.4. The minimum Gasteiger partial charge on any atom is -0.495 e. The van der Waals surface area contributed by atoms with Crippen LogP contribution in [0.3, 0.4) is 0 Å². The number of methoxy groups -OCH3 is 1.